The van der Waals surface area contributed by atoms with E-state index in [1.807, 2.05) is 60.7 Å². The topological polar surface area (TPSA) is 158 Å². The van der Waals surface area contributed by atoms with Crippen molar-refractivity contribution in [2.24, 2.45) is 11.8 Å². The Labute approximate surface area is 449 Å². The van der Waals surface area contributed by atoms with Crippen molar-refractivity contribution in [3.8, 4) is 22.3 Å². The zero-order chi connectivity index (χ0) is 48.9. The van der Waals surface area contributed by atoms with Crippen LogP contribution >= 0.6 is 0 Å². The number of carbonyl (C=O) groups excluding carboxylic acids is 4. The Morgan fingerprint density at radius 3 is 1.20 bits per heavy atom. The Kier molecular flexibility index (Phi) is 23.6. The van der Waals surface area contributed by atoms with Gasteiger partial charge in [0.2, 0.25) is 0 Å². The molecule has 4 fully saturated rings. The molecule has 4 aliphatic rings. The SMILES string of the molecule is O=C([O-])CC/C=C\CC[C@H]1[C@@H](OCc2ccc(-c3ccccc3)cc2)CC(=O)[C@@H]1N1CCOCC1.O=C([O-])CC/C=C\CC[C@H]1[C@@H](OCc2ccc(-c3ccccc3)cc2)CC(=O)[C@@H]1N1CCOCC1.[Ca+2]. The van der Waals surface area contributed by atoms with E-state index < -0.39 is 11.9 Å². The number of hydrogen-bond donors (Lipinski definition) is 0. The summed E-state index contributed by atoms with van der Waals surface area (Å²) < 4.78 is 23.7. The van der Waals surface area contributed by atoms with Crippen LogP contribution in [0.15, 0.2) is 133 Å². The molecular formula is C58H68CaN2O10. The molecule has 0 bridgehead atoms. The predicted molar refractivity (Wildman–Crippen MR) is 270 cm³/mol. The van der Waals surface area contributed by atoms with E-state index in [2.05, 4.69) is 82.6 Å². The van der Waals surface area contributed by atoms with E-state index in [1.165, 1.54) is 22.3 Å². The Morgan fingerprint density at radius 2 is 0.845 bits per heavy atom. The Hall–Kier alpha value is -4.34. The van der Waals surface area contributed by atoms with Crippen molar-refractivity contribution in [2.45, 2.75) is 102 Å². The predicted octanol–water partition coefficient (Wildman–Crippen LogP) is 6.41. The van der Waals surface area contributed by atoms with E-state index in [1.54, 1.807) is 0 Å². The zero-order valence-electron chi connectivity index (χ0n) is 41.0. The molecule has 12 nitrogen and oxygen atoms in total. The first kappa shape index (κ1) is 56.0. The molecule has 4 aromatic carbocycles. The normalized spacial score (nSPS) is 22.9. The van der Waals surface area contributed by atoms with Gasteiger partial charge in [0.1, 0.15) is 0 Å². The molecule has 2 aliphatic heterocycles. The number of carboxylic acids is 2. The third-order valence-corrected chi connectivity index (χ3v) is 13.9. The van der Waals surface area contributed by atoms with Gasteiger partial charge in [-0.1, -0.05) is 133 Å². The van der Waals surface area contributed by atoms with E-state index >= 15 is 0 Å². The first-order valence-corrected chi connectivity index (χ1v) is 25.1. The van der Waals surface area contributed by atoms with Gasteiger partial charge in [0.05, 0.1) is 63.9 Å². The van der Waals surface area contributed by atoms with Gasteiger partial charge < -0.3 is 38.7 Å². The number of ketones is 2. The summed E-state index contributed by atoms with van der Waals surface area (Å²) in [5, 5.41) is 21.2. The molecule has 6 atom stereocenters. The summed E-state index contributed by atoms with van der Waals surface area (Å²) in [5.74, 6) is -1.35. The molecular weight excluding hydrogens is 925 g/mol. The average molecular weight is 993 g/mol. The van der Waals surface area contributed by atoms with Crippen LogP contribution in [0.1, 0.15) is 75.3 Å². The largest absolute Gasteiger partial charge is 2.00 e. The van der Waals surface area contributed by atoms with Crippen molar-refractivity contribution in [1.29, 1.82) is 0 Å². The minimum Gasteiger partial charge on any atom is -0.550 e. The Morgan fingerprint density at radius 1 is 0.507 bits per heavy atom. The molecule has 0 aromatic heterocycles. The van der Waals surface area contributed by atoms with Gasteiger partial charge in [-0.2, -0.15) is 0 Å². The first-order valence-electron chi connectivity index (χ1n) is 25.1. The van der Waals surface area contributed by atoms with Crippen molar-refractivity contribution in [3.05, 3.63) is 145 Å². The Bertz CT molecular complexity index is 2130. The number of morpholine rings is 2. The number of ether oxygens (including phenoxy) is 4. The van der Waals surface area contributed by atoms with Crippen LogP contribution in [0.2, 0.25) is 0 Å². The van der Waals surface area contributed by atoms with Crippen LogP contribution in [-0.4, -0.2) is 148 Å². The molecule has 2 saturated carbocycles. The quantitative estimate of drug-likeness (QED) is 0.0631. The molecule has 8 rings (SSSR count). The van der Waals surface area contributed by atoms with Crippen LogP contribution < -0.4 is 10.2 Å². The molecule has 2 heterocycles. The van der Waals surface area contributed by atoms with Crippen molar-refractivity contribution in [3.63, 3.8) is 0 Å². The molecule has 4 aromatic rings. The van der Waals surface area contributed by atoms with Crippen LogP contribution in [0.3, 0.4) is 0 Å². The van der Waals surface area contributed by atoms with Crippen molar-refractivity contribution < 1.29 is 48.3 Å². The third-order valence-electron chi connectivity index (χ3n) is 13.9. The van der Waals surface area contributed by atoms with Crippen LogP contribution in [0.5, 0.6) is 0 Å². The Balaban J connectivity index is 0.000000229. The number of hydrogen-bond acceptors (Lipinski definition) is 12. The summed E-state index contributed by atoms with van der Waals surface area (Å²) in [7, 11) is 0. The molecule has 0 spiro atoms. The summed E-state index contributed by atoms with van der Waals surface area (Å²) in [6.07, 6.45) is 12.7. The third kappa shape index (κ3) is 17.4. The monoisotopic (exact) mass is 992 g/mol. The van der Waals surface area contributed by atoms with Gasteiger partial charge in [-0.3, -0.25) is 19.4 Å². The summed E-state index contributed by atoms with van der Waals surface area (Å²) in [6, 6.07) is 37.1. The van der Waals surface area contributed by atoms with Gasteiger partial charge in [0, 0.05) is 62.8 Å². The fourth-order valence-electron chi connectivity index (χ4n) is 10.2. The van der Waals surface area contributed by atoms with Crippen molar-refractivity contribution in [2.75, 3.05) is 52.6 Å². The second-order valence-electron chi connectivity index (χ2n) is 18.6. The van der Waals surface area contributed by atoms with Crippen LogP contribution in [0.4, 0.5) is 0 Å². The molecule has 13 heteroatoms. The second-order valence-corrected chi connectivity index (χ2v) is 18.6. The van der Waals surface area contributed by atoms with Crippen LogP contribution in [-0.2, 0) is 51.3 Å². The number of benzene rings is 4. The smallest absolute Gasteiger partial charge is 0.550 e. The van der Waals surface area contributed by atoms with E-state index in [0.717, 1.165) is 63.0 Å². The summed E-state index contributed by atoms with van der Waals surface area (Å²) in [4.78, 5) is 51.9. The van der Waals surface area contributed by atoms with E-state index in [9.17, 15) is 29.4 Å². The number of carbonyl (C=O) groups is 4. The fourth-order valence-corrected chi connectivity index (χ4v) is 10.2. The van der Waals surface area contributed by atoms with E-state index in [4.69, 9.17) is 18.9 Å². The van der Waals surface area contributed by atoms with E-state index in [-0.39, 0.29) is 98.3 Å². The second kappa shape index (κ2) is 30.0. The standard InChI is InChI=1S/2C29H35NO5.Ca/c2*31-26-20-27(35-21-22-12-14-24(15-13-22)23-8-4-3-5-9-23)25(10-6-1-2-7-11-28(32)33)29(26)30-16-18-34-19-17-30;/h2*1-5,8-9,12-15,25,27,29H,6-7,10-11,16-21H2,(H,32,33);/q;;+2/p-2/b2*2-1-;/t2*25-,27-,29+;/m00./s1. The molecule has 0 amide bonds. The van der Waals surface area contributed by atoms with Gasteiger partial charge >= 0.3 is 37.7 Å². The minimum atomic E-state index is -1.03. The summed E-state index contributed by atoms with van der Waals surface area (Å²) in [6.45, 7) is 6.62. The fraction of sp³-hybridized carbons (Fsp3) is 0.448. The molecule has 0 unspecified atom stereocenters. The molecule has 2 aliphatic carbocycles. The van der Waals surface area contributed by atoms with Crippen molar-refractivity contribution in [1.82, 2.24) is 9.80 Å². The first-order chi connectivity index (χ1) is 34.2. The minimum absolute atomic E-state index is 0. The molecule has 0 N–H and O–H groups in total. The number of rotatable bonds is 22. The summed E-state index contributed by atoms with van der Waals surface area (Å²) >= 11 is 0. The van der Waals surface area contributed by atoms with Gasteiger partial charge in [0.25, 0.3) is 0 Å². The molecule has 71 heavy (non-hydrogen) atoms. The maximum Gasteiger partial charge on any atom is 2.00 e. The summed E-state index contributed by atoms with van der Waals surface area (Å²) in [5.41, 5.74) is 6.88. The molecule has 372 valence electrons. The van der Waals surface area contributed by atoms with Crippen LogP contribution in [0.25, 0.3) is 22.3 Å². The van der Waals surface area contributed by atoms with Gasteiger partial charge in [-0.25, -0.2) is 0 Å². The molecule has 2 saturated heterocycles. The maximum absolute atomic E-state index is 13.1. The number of Topliss-reactive ketones (excluding diaryl/α,β-unsaturated/α-hetero) is 2. The van der Waals surface area contributed by atoms with Crippen LogP contribution in [0, 0.1) is 11.8 Å². The molecule has 0 radical (unpaired) electrons. The zero-order valence-corrected chi connectivity index (χ0v) is 43.2. The maximum atomic E-state index is 13.1. The number of carboxylic acid groups (broad SMARTS) is 2. The van der Waals surface area contributed by atoms with Gasteiger partial charge in [-0.05, 0) is 84.7 Å². The van der Waals surface area contributed by atoms with E-state index in [0.29, 0.717) is 65.3 Å². The number of allylic oxidation sites excluding steroid dienone is 4. The average Bonchev–Trinajstić information content (AvgIpc) is 3.89. The number of aliphatic carboxylic acids is 2. The van der Waals surface area contributed by atoms with Crippen molar-refractivity contribution >= 4 is 61.2 Å². The van der Waals surface area contributed by atoms with Gasteiger partial charge in [-0.15, -0.1) is 0 Å². The number of nitrogens with zero attached hydrogens (tertiary/aromatic N) is 2. The van der Waals surface area contributed by atoms with Gasteiger partial charge in [0.15, 0.2) is 11.6 Å².